The smallest absolute Gasteiger partial charge is 0.319 e. The second kappa shape index (κ2) is 6.78. The Morgan fingerprint density at radius 2 is 1.95 bits per heavy atom. The van der Waals surface area contributed by atoms with Crippen LogP contribution in [0.25, 0.3) is 0 Å². The van der Waals surface area contributed by atoms with E-state index in [0.717, 1.165) is 11.4 Å². The molecule has 7 heteroatoms. The van der Waals surface area contributed by atoms with E-state index >= 15 is 0 Å². The Hall–Kier alpha value is -1.50. The summed E-state index contributed by atoms with van der Waals surface area (Å²) in [6.45, 7) is 9.40. The van der Waals surface area contributed by atoms with Gasteiger partial charge in [-0.15, -0.1) is 10.2 Å². The van der Waals surface area contributed by atoms with Crippen LogP contribution in [0.4, 0.5) is 5.13 Å². The van der Waals surface area contributed by atoms with Crippen molar-refractivity contribution >= 4 is 28.3 Å². The number of esters is 1. The number of aryl methyl sites for hydroxylation is 1. The number of hydrogen-bond acceptors (Lipinski definition) is 6. The van der Waals surface area contributed by atoms with Crippen molar-refractivity contribution in [2.24, 2.45) is 11.3 Å². The first-order valence-corrected chi connectivity index (χ1v) is 7.41. The first-order valence-electron chi connectivity index (χ1n) is 6.59. The predicted molar refractivity (Wildman–Crippen MR) is 77.5 cm³/mol. The van der Waals surface area contributed by atoms with E-state index in [4.69, 9.17) is 4.74 Å². The summed E-state index contributed by atoms with van der Waals surface area (Å²) in [5, 5.41) is 11.7. The van der Waals surface area contributed by atoms with Crippen LogP contribution in [0.15, 0.2) is 0 Å². The number of nitrogens with zero attached hydrogens (tertiary/aromatic N) is 2. The molecule has 0 radical (unpaired) electrons. The Bertz CT molecular complexity index is 479. The summed E-state index contributed by atoms with van der Waals surface area (Å²) in [4.78, 5) is 24.3. The number of ether oxygens (including phenoxy) is 1. The fraction of sp³-hybridized carbons (Fsp3) is 0.692. The van der Waals surface area contributed by atoms with Gasteiger partial charge in [-0.2, -0.15) is 0 Å². The van der Waals surface area contributed by atoms with Crippen molar-refractivity contribution in [3.63, 3.8) is 0 Å². The maximum atomic E-state index is 12.3. The van der Waals surface area contributed by atoms with E-state index in [0.29, 0.717) is 5.13 Å². The largest absolute Gasteiger partial charge is 0.465 e. The summed E-state index contributed by atoms with van der Waals surface area (Å²) in [5.74, 6) is -1.80. The highest BCUT2D eigenvalue weighted by Crippen LogP contribution is 2.29. The molecule has 0 bridgehead atoms. The molecule has 6 nitrogen and oxygen atoms in total. The molecule has 20 heavy (non-hydrogen) atoms. The topological polar surface area (TPSA) is 81.2 Å². The van der Waals surface area contributed by atoms with Gasteiger partial charge in [0.05, 0.1) is 6.61 Å². The zero-order chi connectivity index (χ0) is 15.3. The van der Waals surface area contributed by atoms with Crippen molar-refractivity contribution in [1.82, 2.24) is 10.2 Å². The molecular formula is C13H21N3O3S. The third-order valence-electron chi connectivity index (χ3n) is 2.65. The van der Waals surface area contributed by atoms with Crippen LogP contribution in [0.5, 0.6) is 0 Å². The lowest BCUT2D eigenvalue weighted by Gasteiger charge is -2.27. The second-order valence-electron chi connectivity index (χ2n) is 5.39. The molecule has 1 heterocycles. The monoisotopic (exact) mass is 299 g/mol. The average Bonchev–Trinajstić information content (AvgIpc) is 2.75. The molecule has 0 spiro atoms. The van der Waals surface area contributed by atoms with Gasteiger partial charge in [-0.3, -0.25) is 14.9 Å². The molecule has 0 aromatic carbocycles. The van der Waals surface area contributed by atoms with Crippen LogP contribution < -0.4 is 5.32 Å². The molecular weight excluding hydrogens is 278 g/mol. The van der Waals surface area contributed by atoms with Crippen molar-refractivity contribution in [3.8, 4) is 0 Å². The molecule has 112 valence electrons. The Kier molecular flexibility index (Phi) is 5.62. The summed E-state index contributed by atoms with van der Waals surface area (Å²) in [6.07, 6.45) is 0.758. The van der Waals surface area contributed by atoms with Gasteiger partial charge in [0.25, 0.3) is 0 Å². The van der Waals surface area contributed by atoms with Gasteiger partial charge in [0.1, 0.15) is 10.9 Å². The minimum Gasteiger partial charge on any atom is -0.465 e. The van der Waals surface area contributed by atoms with Crippen LogP contribution >= 0.6 is 11.3 Å². The maximum Gasteiger partial charge on any atom is 0.319 e. The molecule has 1 atom stereocenters. The molecule has 0 aliphatic heterocycles. The lowest BCUT2D eigenvalue weighted by Crippen LogP contribution is -2.40. The second-order valence-corrected chi connectivity index (χ2v) is 6.46. The molecule has 0 aliphatic carbocycles. The molecule has 1 amide bonds. The fourth-order valence-electron chi connectivity index (χ4n) is 1.70. The van der Waals surface area contributed by atoms with Crippen molar-refractivity contribution < 1.29 is 14.3 Å². The van der Waals surface area contributed by atoms with Crippen molar-refractivity contribution in [2.45, 2.75) is 41.0 Å². The zero-order valence-electron chi connectivity index (χ0n) is 12.5. The normalized spacial score (nSPS) is 12.8. The van der Waals surface area contributed by atoms with E-state index < -0.39 is 23.2 Å². The zero-order valence-corrected chi connectivity index (χ0v) is 13.3. The van der Waals surface area contributed by atoms with Gasteiger partial charge < -0.3 is 4.74 Å². The molecule has 1 unspecified atom stereocenters. The highest BCUT2D eigenvalue weighted by atomic mass is 32.1. The number of rotatable bonds is 5. The number of anilines is 1. The Morgan fingerprint density at radius 1 is 1.30 bits per heavy atom. The van der Waals surface area contributed by atoms with E-state index in [1.165, 1.54) is 11.3 Å². The molecule has 0 aliphatic rings. The lowest BCUT2D eigenvalue weighted by molar-refractivity contribution is -0.155. The minimum atomic E-state index is -0.878. The number of carbonyl (C=O) groups excluding carboxylic acids is 2. The lowest BCUT2D eigenvalue weighted by atomic mass is 9.80. The van der Waals surface area contributed by atoms with Crippen LogP contribution in [-0.2, 0) is 20.7 Å². The van der Waals surface area contributed by atoms with Gasteiger partial charge in [-0.25, -0.2) is 0 Å². The fourth-order valence-corrected chi connectivity index (χ4v) is 2.39. The highest BCUT2D eigenvalue weighted by molar-refractivity contribution is 7.15. The Balaban J connectivity index is 2.85. The molecule has 0 saturated carbocycles. The number of nitrogens with one attached hydrogen (secondary N) is 1. The van der Waals surface area contributed by atoms with Crippen LogP contribution in [-0.4, -0.2) is 28.7 Å². The molecule has 1 aromatic heterocycles. The Morgan fingerprint density at radius 3 is 2.40 bits per heavy atom. The summed E-state index contributed by atoms with van der Waals surface area (Å²) in [5.41, 5.74) is -0.533. The van der Waals surface area contributed by atoms with Gasteiger partial charge in [0.15, 0.2) is 0 Å². The summed E-state index contributed by atoms with van der Waals surface area (Å²) in [7, 11) is 0. The predicted octanol–water partition coefficient (Wildman–Crippen LogP) is 2.26. The minimum absolute atomic E-state index is 0.248. The standard InChI is InChI=1S/C13H21N3O3S/c1-6-8-15-16-12(20-8)14-10(17)9(13(3,4)5)11(18)19-7-2/h9H,6-7H2,1-5H3,(H,14,16,17). The summed E-state index contributed by atoms with van der Waals surface area (Å²) in [6, 6.07) is 0. The third kappa shape index (κ3) is 4.26. The van der Waals surface area contributed by atoms with Crippen molar-refractivity contribution in [1.29, 1.82) is 0 Å². The van der Waals surface area contributed by atoms with Gasteiger partial charge in [0.2, 0.25) is 11.0 Å². The average molecular weight is 299 g/mol. The Labute approximate surface area is 122 Å². The quantitative estimate of drug-likeness (QED) is 0.666. The van der Waals surface area contributed by atoms with E-state index in [1.807, 2.05) is 27.7 Å². The number of aromatic nitrogens is 2. The number of hydrogen-bond donors (Lipinski definition) is 1. The first kappa shape index (κ1) is 16.6. The molecule has 0 fully saturated rings. The van der Waals surface area contributed by atoms with E-state index in [1.54, 1.807) is 6.92 Å². The number of amides is 1. The summed E-state index contributed by atoms with van der Waals surface area (Å²) >= 11 is 1.31. The van der Waals surface area contributed by atoms with Crippen LogP contribution in [0, 0.1) is 11.3 Å². The molecule has 1 rings (SSSR count). The third-order valence-corrected chi connectivity index (χ3v) is 3.63. The first-order chi connectivity index (χ1) is 9.29. The summed E-state index contributed by atoms with van der Waals surface area (Å²) < 4.78 is 4.98. The molecule has 1 aromatic rings. The van der Waals surface area contributed by atoms with Gasteiger partial charge in [-0.1, -0.05) is 39.0 Å². The molecule has 0 saturated heterocycles. The van der Waals surface area contributed by atoms with Crippen molar-refractivity contribution in [3.05, 3.63) is 5.01 Å². The van der Waals surface area contributed by atoms with Gasteiger partial charge in [-0.05, 0) is 18.8 Å². The molecule has 1 N–H and O–H groups in total. The van der Waals surface area contributed by atoms with Crippen LogP contribution in [0.3, 0.4) is 0 Å². The SMILES string of the molecule is CCOC(=O)C(C(=O)Nc1nnc(CC)s1)C(C)(C)C. The van der Waals surface area contributed by atoms with Crippen LogP contribution in [0.1, 0.15) is 39.6 Å². The van der Waals surface area contributed by atoms with E-state index in [-0.39, 0.29) is 6.61 Å². The van der Waals surface area contributed by atoms with Gasteiger partial charge >= 0.3 is 5.97 Å². The maximum absolute atomic E-state index is 12.3. The van der Waals surface area contributed by atoms with Gasteiger partial charge in [0, 0.05) is 0 Å². The van der Waals surface area contributed by atoms with Crippen LogP contribution in [0.2, 0.25) is 0 Å². The van der Waals surface area contributed by atoms with E-state index in [9.17, 15) is 9.59 Å². The number of carbonyl (C=O) groups is 2. The highest BCUT2D eigenvalue weighted by Gasteiger charge is 2.39. The van der Waals surface area contributed by atoms with E-state index in [2.05, 4.69) is 15.5 Å². The van der Waals surface area contributed by atoms with Crippen molar-refractivity contribution in [2.75, 3.05) is 11.9 Å².